The van der Waals surface area contributed by atoms with E-state index in [2.05, 4.69) is 20.7 Å². The Morgan fingerprint density at radius 1 is 1.17 bits per heavy atom. The van der Waals surface area contributed by atoms with Crippen molar-refractivity contribution in [3.63, 3.8) is 0 Å². The van der Waals surface area contributed by atoms with Crippen LogP contribution in [-0.4, -0.2) is 57.8 Å². The molecule has 150 valence electrons. The first-order chi connectivity index (χ1) is 14.1. The molecule has 29 heavy (non-hydrogen) atoms. The van der Waals surface area contributed by atoms with Crippen LogP contribution >= 0.6 is 0 Å². The highest BCUT2D eigenvalue weighted by Gasteiger charge is 2.21. The highest BCUT2D eigenvalue weighted by Crippen LogP contribution is 2.23. The molecule has 2 aromatic heterocycles. The van der Waals surface area contributed by atoms with Crippen molar-refractivity contribution in [2.45, 2.75) is 12.8 Å². The Morgan fingerprint density at radius 2 is 1.93 bits per heavy atom. The van der Waals surface area contributed by atoms with Crippen LogP contribution in [0.25, 0.3) is 5.65 Å². The number of aryl methyl sites for hydroxylation is 1. The molecule has 0 bridgehead atoms. The molecule has 0 saturated carbocycles. The summed E-state index contributed by atoms with van der Waals surface area (Å²) < 4.78 is 1.51. The van der Waals surface area contributed by atoms with Gasteiger partial charge in [0.25, 0.3) is 0 Å². The maximum absolute atomic E-state index is 12.2. The predicted molar refractivity (Wildman–Crippen MR) is 108 cm³/mol. The molecule has 1 aromatic carbocycles. The van der Waals surface area contributed by atoms with Crippen molar-refractivity contribution in [3.05, 3.63) is 53.7 Å². The molecule has 4 rings (SSSR count). The van der Waals surface area contributed by atoms with E-state index in [1.807, 2.05) is 35.2 Å². The number of pyridine rings is 1. The van der Waals surface area contributed by atoms with Gasteiger partial charge in [0.2, 0.25) is 11.9 Å². The van der Waals surface area contributed by atoms with Gasteiger partial charge in [-0.1, -0.05) is 30.3 Å². The highest BCUT2D eigenvalue weighted by atomic mass is 16.4. The molecular weight excluding hydrogens is 372 g/mol. The molecule has 3 aromatic rings. The first-order valence-corrected chi connectivity index (χ1v) is 9.53. The van der Waals surface area contributed by atoms with Gasteiger partial charge < -0.3 is 15.3 Å². The number of hydrogen-bond acceptors (Lipinski definition) is 6. The Bertz CT molecular complexity index is 1030. The third-order valence-corrected chi connectivity index (χ3v) is 4.87. The molecule has 9 heteroatoms. The standard InChI is InChI=1S/C20H22N6O3/c27-18(7-6-14-4-2-1-3-5-14)23-20-22-17-12-15(19(28)29)16(13-26(17)24-20)25-10-8-21-9-11-25/h1-5,12-13,21H,6-11H2,(H,28,29)(H,23,24,27). The van der Waals surface area contributed by atoms with Gasteiger partial charge in [0.15, 0.2) is 5.65 Å². The van der Waals surface area contributed by atoms with Crippen molar-refractivity contribution >= 4 is 29.2 Å². The lowest BCUT2D eigenvalue weighted by atomic mass is 10.1. The zero-order valence-corrected chi connectivity index (χ0v) is 15.8. The van der Waals surface area contributed by atoms with Gasteiger partial charge in [-0.25, -0.2) is 9.31 Å². The van der Waals surface area contributed by atoms with E-state index in [0.29, 0.717) is 37.3 Å². The lowest BCUT2D eigenvalue weighted by molar-refractivity contribution is -0.116. The number of aromatic carboxylic acids is 1. The van der Waals surface area contributed by atoms with Gasteiger partial charge in [-0.15, -0.1) is 5.10 Å². The molecule has 0 aliphatic carbocycles. The van der Waals surface area contributed by atoms with E-state index in [0.717, 1.165) is 18.7 Å². The Labute approximate surface area is 167 Å². The number of anilines is 2. The number of carbonyl (C=O) groups excluding carboxylic acids is 1. The van der Waals surface area contributed by atoms with Crippen molar-refractivity contribution in [2.24, 2.45) is 0 Å². The Morgan fingerprint density at radius 3 is 2.66 bits per heavy atom. The second-order valence-corrected chi connectivity index (χ2v) is 6.89. The summed E-state index contributed by atoms with van der Waals surface area (Å²) in [4.78, 5) is 30.3. The van der Waals surface area contributed by atoms with Crippen molar-refractivity contribution < 1.29 is 14.7 Å². The van der Waals surface area contributed by atoms with E-state index in [9.17, 15) is 14.7 Å². The SMILES string of the molecule is O=C(CCc1ccccc1)Nc1nc2cc(C(=O)O)c(N3CCNCC3)cn2n1. The lowest BCUT2D eigenvalue weighted by Crippen LogP contribution is -2.44. The molecule has 0 unspecified atom stereocenters. The van der Waals surface area contributed by atoms with E-state index in [1.165, 1.54) is 10.6 Å². The quantitative estimate of drug-likeness (QED) is 0.579. The topological polar surface area (TPSA) is 112 Å². The number of hydrogen-bond donors (Lipinski definition) is 3. The largest absolute Gasteiger partial charge is 0.478 e. The van der Waals surface area contributed by atoms with Gasteiger partial charge in [-0.05, 0) is 18.1 Å². The summed E-state index contributed by atoms with van der Waals surface area (Å²) in [7, 11) is 0. The Kier molecular flexibility index (Phi) is 5.39. The van der Waals surface area contributed by atoms with E-state index in [-0.39, 0.29) is 17.4 Å². The molecule has 3 heterocycles. The third-order valence-electron chi connectivity index (χ3n) is 4.87. The van der Waals surface area contributed by atoms with Crippen LogP contribution in [0.4, 0.5) is 11.6 Å². The molecule has 3 N–H and O–H groups in total. The van der Waals surface area contributed by atoms with Crippen molar-refractivity contribution in [1.29, 1.82) is 0 Å². The van der Waals surface area contributed by atoms with Gasteiger partial charge in [-0.3, -0.25) is 10.1 Å². The maximum Gasteiger partial charge on any atom is 0.338 e. The average molecular weight is 394 g/mol. The molecule has 0 atom stereocenters. The van der Waals surface area contributed by atoms with Crippen LogP contribution < -0.4 is 15.5 Å². The molecular formula is C20H22N6O3. The first kappa shape index (κ1) is 18.9. The second-order valence-electron chi connectivity index (χ2n) is 6.89. The van der Waals surface area contributed by atoms with Gasteiger partial charge in [0.05, 0.1) is 17.4 Å². The molecule has 1 aliphatic heterocycles. The summed E-state index contributed by atoms with van der Waals surface area (Å²) in [5.74, 6) is -1.04. The van der Waals surface area contributed by atoms with E-state index in [1.54, 1.807) is 6.20 Å². The van der Waals surface area contributed by atoms with E-state index >= 15 is 0 Å². The Hall–Kier alpha value is -3.46. The third kappa shape index (κ3) is 4.35. The van der Waals surface area contributed by atoms with Crippen LogP contribution in [0.15, 0.2) is 42.6 Å². The maximum atomic E-state index is 12.2. The van der Waals surface area contributed by atoms with Crippen molar-refractivity contribution in [1.82, 2.24) is 19.9 Å². The van der Waals surface area contributed by atoms with E-state index < -0.39 is 5.97 Å². The van der Waals surface area contributed by atoms with Gasteiger partial charge in [-0.2, -0.15) is 4.98 Å². The summed E-state index contributed by atoms with van der Waals surface area (Å²) >= 11 is 0. The number of nitrogens with zero attached hydrogens (tertiary/aromatic N) is 4. The second kappa shape index (κ2) is 8.27. The van der Waals surface area contributed by atoms with Crippen LogP contribution in [0, 0.1) is 0 Å². The van der Waals surface area contributed by atoms with Crippen molar-refractivity contribution in [2.75, 3.05) is 36.4 Å². The van der Waals surface area contributed by atoms with Gasteiger partial charge in [0.1, 0.15) is 0 Å². The summed E-state index contributed by atoms with van der Waals surface area (Å²) in [6.07, 6.45) is 2.60. The normalized spacial score (nSPS) is 14.1. The molecule has 1 saturated heterocycles. The van der Waals surface area contributed by atoms with E-state index in [4.69, 9.17) is 0 Å². The number of piperazine rings is 1. The summed E-state index contributed by atoms with van der Waals surface area (Å²) in [5.41, 5.74) is 2.23. The summed E-state index contributed by atoms with van der Waals surface area (Å²) in [6.45, 7) is 3.00. The fourth-order valence-corrected chi connectivity index (χ4v) is 3.39. The lowest BCUT2D eigenvalue weighted by Gasteiger charge is -2.30. The monoisotopic (exact) mass is 394 g/mol. The predicted octanol–water partition coefficient (Wildman–Crippen LogP) is 1.41. The van der Waals surface area contributed by atoms with Crippen LogP contribution in [0.1, 0.15) is 22.3 Å². The first-order valence-electron chi connectivity index (χ1n) is 9.53. The molecule has 1 fully saturated rings. The fraction of sp³-hybridized carbons (Fsp3) is 0.300. The number of carboxylic acid groups (broad SMARTS) is 1. The zero-order chi connectivity index (χ0) is 20.2. The number of carbonyl (C=O) groups is 2. The van der Waals surface area contributed by atoms with Crippen molar-refractivity contribution in [3.8, 4) is 0 Å². The molecule has 9 nitrogen and oxygen atoms in total. The van der Waals surface area contributed by atoms with Crippen LogP contribution in [0.2, 0.25) is 0 Å². The van der Waals surface area contributed by atoms with Crippen LogP contribution in [0.3, 0.4) is 0 Å². The molecule has 1 aliphatic rings. The highest BCUT2D eigenvalue weighted by molar-refractivity contribution is 5.95. The zero-order valence-electron chi connectivity index (χ0n) is 15.8. The van der Waals surface area contributed by atoms with Gasteiger partial charge in [0, 0.05) is 32.6 Å². The number of aromatic nitrogens is 3. The van der Waals surface area contributed by atoms with Gasteiger partial charge >= 0.3 is 5.97 Å². The van der Waals surface area contributed by atoms with Crippen LogP contribution in [-0.2, 0) is 11.2 Å². The number of rotatable bonds is 6. The molecule has 0 spiro atoms. The minimum Gasteiger partial charge on any atom is -0.478 e. The number of carboxylic acids is 1. The van der Waals surface area contributed by atoms with Crippen LogP contribution in [0.5, 0.6) is 0 Å². The average Bonchev–Trinajstić information content (AvgIpc) is 3.14. The fourth-order valence-electron chi connectivity index (χ4n) is 3.39. The molecule has 0 radical (unpaired) electrons. The number of nitrogens with one attached hydrogen (secondary N) is 2. The minimum absolute atomic E-state index is 0.164. The number of amides is 1. The smallest absolute Gasteiger partial charge is 0.338 e. The number of benzene rings is 1. The molecule has 1 amide bonds. The number of fused-ring (bicyclic) bond motifs is 1. The summed E-state index contributed by atoms with van der Waals surface area (Å²) in [6, 6.07) is 11.2. The Balaban J connectivity index is 1.52. The minimum atomic E-state index is -1.02. The summed E-state index contributed by atoms with van der Waals surface area (Å²) in [5, 5.41) is 19.9.